The van der Waals surface area contributed by atoms with Gasteiger partial charge in [0.05, 0.1) is 0 Å². The number of benzene rings is 1. The summed E-state index contributed by atoms with van der Waals surface area (Å²) in [4.78, 5) is 0. The molecule has 10 heavy (non-hydrogen) atoms. The maximum absolute atomic E-state index is 2.30. The Labute approximate surface area is 73.2 Å². The van der Waals surface area contributed by atoms with Crippen molar-refractivity contribution in [3.63, 3.8) is 0 Å². The molecule has 0 atom stereocenters. The molecule has 0 aromatic heterocycles. The Morgan fingerprint density at radius 2 is 1.90 bits per heavy atom. The number of fused-ring (bicyclic) bond motifs is 1. The van der Waals surface area contributed by atoms with Crippen LogP contribution in [0.3, 0.4) is 0 Å². The molecule has 1 heteroatoms. The van der Waals surface area contributed by atoms with Gasteiger partial charge >= 0.3 is 73.3 Å². The van der Waals surface area contributed by atoms with E-state index in [1.165, 1.54) is 10.5 Å². The summed E-state index contributed by atoms with van der Waals surface area (Å²) < 4.78 is 3.05. The minimum atomic E-state index is -0.0260. The molecule has 1 aliphatic rings. The van der Waals surface area contributed by atoms with Crippen LogP contribution in [0.2, 0.25) is 4.13 Å². The summed E-state index contributed by atoms with van der Waals surface area (Å²) in [7, 11) is 0. The second-order valence-corrected chi connectivity index (χ2v) is 7.33. The molecule has 0 amide bonds. The average Bonchev–Trinajstić information content (AvgIpc) is 2.05. The van der Waals surface area contributed by atoms with E-state index in [4.69, 9.17) is 0 Å². The first-order valence-electron chi connectivity index (χ1n) is 3.67. The zero-order valence-electron chi connectivity index (χ0n) is 5.88. The average molecular weight is 327 g/mol. The van der Waals surface area contributed by atoms with Gasteiger partial charge in [0, 0.05) is 0 Å². The third-order valence-electron chi connectivity index (χ3n) is 1.94. The zero-order valence-corrected chi connectivity index (χ0v) is 9.36. The Morgan fingerprint density at radius 1 is 1.10 bits per heavy atom. The van der Waals surface area contributed by atoms with Crippen molar-refractivity contribution in [1.82, 2.24) is 0 Å². The van der Waals surface area contributed by atoms with E-state index >= 15 is 0 Å². The standard InChI is InChI=1S/C9H10.Bi/c1-3-9-7-5-4-6-8(9)2;/h4-7H,1-3H2;. The second kappa shape index (κ2) is 3.01. The molecule has 0 unspecified atom stereocenters. The fourth-order valence-electron chi connectivity index (χ4n) is 1.35. The molecule has 2 rings (SSSR count). The monoisotopic (exact) mass is 327 g/mol. The summed E-state index contributed by atoms with van der Waals surface area (Å²) in [6.45, 7) is 0. The first-order chi connectivity index (χ1) is 4.97. The zero-order chi connectivity index (χ0) is 6.81. The maximum atomic E-state index is 2.30. The Kier molecular flexibility index (Phi) is 2.04. The Bertz CT molecular complexity index is 205. The quantitative estimate of drug-likeness (QED) is 0.638. The van der Waals surface area contributed by atoms with Crippen LogP contribution in [0.1, 0.15) is 11.1 Å². The van der Waals surface area contributed by atoms with Gasteiger partial charge in [-0.2, -0.15) is 0 Å². The first-order valence-corrected chi connectivity index (χ1v) is 8.58. The van der Waals surface area contributed by atoms with E-state index in [0.717, 1.165) is 0 Å². The molecule has 1 aromatic rings. The molecule has 0 saturated carbocycles. The van der Waals surface area contributed by atoms with E-state index in [0.29, 0.717) is 0 Å². The van der Waals surface area contributed by atoms with E-state index in [-0.39, 0.29) is 23.2 Å². The normalized spacial score (nSPS) is 16.4. The van der Waals surface area contributed by atoms with Crippen LogP contribution in [-0.4, -0.2) is 23.2 Å². The first kappa shape index (κ1) is 6.79. The van der Waals surface area contributed by atoms with E-state index in [1.54, 1.807) is 15.3 Å². The van der Waals surface area contributed by atoms with Crippen LogP contribution in [-0.2, 0) is 10.5 Å². The molecule has 0 aliphatic carbocycles. The summed E-state index contributed by atoms with van der Waals surface area (Å²) in [5.74, 6) is 0. The Balaban J connectivity index is 2.41. The summed E-state index contributed by atoms with van der Waals surface area (Å²) >= 11 is -0.0260. The van der Waals surface area contributed by atoms with Gasteiger partial charge in [-0.25, -0.2) is 0 Å². The predicted octanol–water partition coefficient (Wildman–Crippen LogP) is 1.87. The molecule has 1 heterocycles. The van der Waals surface area contributed by atoms with Crippen LogP contribution in [0.4, 0.5) is 0 Å². The van der Waals surface area contributed by atoms with E-state index in [2.05, 4.69) is 24.3 Å². The van der Waals surface area contributed by atoms with Gasteiger partial charge in [0.1, 0.15) is 0 Å². The Morgan fingerprint density at radius 3 is 2.70 bits per heavy atom. The molecule has 1 radical (unpaired) electrons. The second-order valence-electron chi connectivity index (χ2n) is 2.62. The predicted molar refractivity (Wildman–Crippen MR) is 44.4 cm³/mol. The van der Waals surface area contributed by atoms with Crippen LogP contribution in [0.15, 0.2) is 24.3 Å². The van der Waals surface area contributed by atoms with Gasteiger partial charge in [0.15, 0.2) is 0 Å². The van der Waals surface area contributed by atoms with Gasteiger partial charge in [0.25, 0.3) is 0 Å². The Hall–Kier alpha value is 0.103. The van der Waals surface area contributed by atoms with Crippen molar-refractivity contribution in [2.45, 2.75) is 14.7 Å². The molecule has 0 fully saturated rings. The fraction of sp³-hybridized carbons (Fsp3) is 0.333. The molecule has 0 nitrogen and oxygen atoms in total. The van der Waals surface area contributed by atoms with Gasteiger partial charge in [-0.05, 0) is 0 Å². The summed E-state index contributed by atoms with van der Waals surface area (Å²) in [6.07, 6.45) is 1.38. The molecule has 0 saturated heterocycles. The number of hydrogen-bond acceptors (Lipinski definition) is 0. The van der Waals surface area contributed by atoms with Crippen LogP contribution in [0.5, 0.6) is 0 Å². The van der Waals surface area contributed by atoms with Crippen molar-refractivity contribution in [1.29, 1.82) is 0 Å². The van der Waals surface area contributed by atoms with Crippen molar-refractivity contribution in [3.8, 4) is 0 Å². The van der Waals surface area contributed by atoms with Crippen LogP contribution in [0.25, 0.3) is 0 Å². The number of hydrogen-bond donors (Lipinski definition) is 0. The molecule has 51 valence electrons. The van der Waals surface area contributed by atoms with Crippen molar-refractivity contribution in [2.75, 3.05) is 0 Å². The SMILES string of the molecule is c1ccc2c(c1)C[CH2][Bi][CH2]2. The number of aryl methyl sites for hydroxylation is 1. The van der Waals surface area contributed by atoms with Crippen LogP contribution >= 0.6 is 0 Å². The third-order valence-corrected chi connectivity index (χ3v) is 6.23. The molecule has 0 N–H and O–H groups in total. The number of rotatable bonds is 0. The van der Waals surface area contributed by atoms with Crippen molar-refractivity contribution < 1.29 is 0 Å². The molecule has 0 bridgehead atoms. The van der Waals surface area contributed by atoms with Gasteiger partial charge in [0.2, 0.25) is 0 Å². The molecular formula is C9H10Bi. The topological polar surface area (TPSA) is 0 Å². The van der Waals surface area contributed by atoms with E-state index in [9.17, 15) is 0 Å². The van der Waals surface area contributed by atoms with Crippen molar-refractivity contribution in [3.05, 3.63) is 35.4 Å². The third kappa shape index (κ3) is 1.25. The minimum absolute atomic E-state index is 0.0260. The van der Waals surface area contributed by atoms with Gasteiger partial charge in [-0.3, -0.25) is 0 Å². The molecule has 1 aromatic carbocycles. The summed E-state index contributed by atoms with van der Waals surface area (Å²) in [6, 6.07) is 8.93. The molecular weight excluding hydrogens is 317 g/mol. The molecule has 1 aliphatic heterocycles. The summed E-state index contributed by atoms with van der Waals surface area (Å²) in [5.41, 5.74) is 3.28. The van der Waals surface area contributed by atoms with Crippen molar-refractivity contribution in [2.24, 2.45) is 0 Å². The van der Waals surface area contributed by atoms with Gasteiger partial charge < -0.3 is 0 Å². The van der Waals surface area contributed by atoms with E-state index in [1.807, 2.05) is 0 Å². The van der Waals surface area contributed by atoms with Gasteiger partial charge in [-0.15, -0.1) is 0 Å². The molecule has 0 spiro atoms. The summed E-state index contributed by atoms with van der Waals surface area (Å²) in [5, 5.41) is 0. The van der Waals surface area contributed by atoms with E-state index < -0.39 is 0 Å². The van der Waals surface area contributed by atoms with Crippen LogP contribution < -0.4 is 0 Å². The van der Waals surface area contributed by atoms with Gasteiger partial charge in [-0.1, -0.05) is 0 Å². The fourth-order valence-corrected chi connectivity index (χ4v) is 5.66. The van der Waals surface area contributed by atoms with Crippen LogP contribution in [0, 0.1) is 0 Å². The van der Waals surface area contributed by atoms with Crippen molar-refractivity contribution >= 4 is 23.2 Å².